The lowest BCUT2D eigenvalue weighted by Crippen LogP contribution is -2.37. The molecule has 0 saturated carbocycles. The summed E-state index contributed by atoms with van der Waals surface area (Å²) in [6.45, 7) is 4.29. The lowest BCUT2D eigenvalue weighted by molar-refractivity contribution is -0.139. The molecule has 3 aromatic carbocycles. The molecule has 1 aliphatic heterocycles. The fourth-order valence-electron chi connectivity index (χ4n) is 3.76. The molecule has 3 aromatic rings. The number of hydrogen-bond acceptors (Lipinski definition) is 6. The van der Waals surface area contributed by atoms with E-state index in [1.807, 2.05) is 38.1 Å². The quantitative estimate of drug-likeness (QED) is 0.242. The van der Waals surface area contributed by atoms with Crippen molar-refractivity contribution in [3.8, 4) is 11.5 Å². The summed E-state index contributed by atoms with van der Waals surface area (Å²) in [5, 5.41) is 1.83. The highest BCUT2D eigenvalue weighted by Gasteiger charge is 2.46. The number of nitrogens with zero attached hydrogens (tertiary/aromatic N) is 2. The average Bonchev–Trinajstić information content (AvgIpc) is 3.09. The average molecular weight is 475 g/mol. The Morgan fingerprint density at radius 2 is 1.46 bits per heavy atom. The van der Waals surface area contributed by atoms with Crippen LogP contribution in [0.25, 0.3) is 10.8 Å². The molecule has 0 aromatic heterocycles. The number of hydrogen-bond donors (Lipinski definition) is 0. The molecule has 0 bridgehead atoms. The van der Waals surface area contributed by atoms with E-state index in [1.165, 1.54) is 12.1 Å². The standard InChI is InChI=1S/C27H26N2O6/c1-3-13-34-23-12-11-21(16-24(23)35-14-4-2)29-26(32)25(31)28(27(29)33)17-22(30)20-10-9-18-7-5-6-8-19(18)15-20/h5-12,15-16H,3-4,13-14,17H2,1-2H3. The van der Waals surface area contributed by atoms with Crippen LogP contribution in [-0.4, -0.2) is 48.3 Å². The summed E-state index contributed by atoms with van der Waals surface area (Å²) in [7, 11) is 0. The van der Waals surface area contributed by atoms with Gasteiger partial charge in [0, 0.05) is 11.6 Å². The van der Waals surface area contributed by atoms with Crippen LogP contribution in [-0.2, 0) is 9.59 Å². The van der Waals surface area contributed by atoms with Crippen LogP contribution in [0.5, 0.6) is 11.5 Å². The van der Waals surface area contributed by atoms with Crippen molar-refractivity contribution in [2.45, 2.75) is 26.7 Å². The van der Waals surface area contributed by atoms with Gasteiger partial charge in [-0.3, -0.25) is 14.4 Å². The lowest BCUT2D eigenvalue weighted by atomic mass is 10.0. The first-order chi connectivity index (χ1) is 16.9. The van der Waals surface area contributed by atoms with E-state index >= 15 is 0 Å². The molecule has 180 valence electrons. The van der Waals surface area contributed by atoms with Gasteiger partial charge in [0.15, 0.2) is 17.3 Å². The molecule has 0 spiro atoms. The van der Waals surface area contributed by atoms with Gasteiger partial charge in [0.05, 0.1) is 25.4 Å². The smallest absolute Gasteiger partial charge is 0.339 e. The van der Waals surface area contributed by atoms with Gasteiger partial charge in [-0.1, -0.05) is 50.2 Å². The van der Waals surface area contributed by atoms with E-state index in [9.17, 15) is 19.2 Å². The van der Waals surface area contributed by atoms with Gasteiger partial charge in [-0.15, -0.1) is 0 Å². The van der Waals surface area contributed by atoms with Crippen molar-refractivity contribution in [3.63, 3.8) is 0 Å². The van der Waals surface area contributed by atoms with Crippen molar-refractivity contribution in [3.05, 3.63) is 66.2 Å². The second-order valence-corrected chi connectivity index (χ2v) is 8.13. The van der Waals surface area contributed by atoms with Gasteiger partial charge < -0.3 is 9.47 Å². The summed E-state index contributed by atoms with van der Waals surface area (Å²) in [5.41, 5.74) is 0.520. The van der Waals surface area contributed by atoms with Crippen LogP contribution in [0.1, 0.15) is 37.0 Å². The highest BCUT2D eigenvalue weighted by molar-refractivity contribution is 6.53. The van der Waals surface area contributed by atoms with Gasteiger partial charge in [-0.2, -0.15) is 0 Å². The predicted molar refractivity (Wildman–Crippen MR) is 131 cm³/mol. The fraction of sp³-hybridized carbons (Fsp3) is 0.259. The molecule has 1 saturated heterocycles. The van der Waals surface area contributed by atoms with Gasteiger partial charge in [0.25, 0.3) is 0 Å². The van der Waals surface area contributed by atoms with Crippen LogP contribution >= 0.6 is 0 Å². The zero-order valence-corrected chi connectivity index (χ0v) is 19.7. The summed E-state index contributed by atoms with van der Waals surface area (Å²) < 4.78 is 11.4. The number of anilines is 1. The number of carbonyl (C=O) groups is 4. The second kappa shape index (κ2) is 10.4. The number of rotatable bonds is 10. The fourth-order valence-corrected chi connectivity index (χ4v) is 3.76. The highest BCUT2D eigenvalue weighted by Crippen LogP contribution is 2.34. The van der Waals surface area contributed by atoms with Crippen LogP contribution in [0.4, 0.5) is 10.5 Å². The van der Waals surface area contributed by atoms with Crippen LogP contribution in [0.3, 0.4) is 0 Å². The minimum Gasteiger partial charge on any atom is -0.490 e. The maximum Gasteiger partial charge on any atom is 0.339 e. The summed E-state index contributed by atoms with van der Waals surface area (Å²) in [5.74, 6) is -1.66. The number of imide groups is 2. The maximum atomic E-state index is 13.1. The maximum absolute atomic E-state index is 13.1. The van der Waals surface area contributed by atoms with Crippen molar-refractivity contribution in [2.75, 3.05) is 24.7 Å². The van der Waals surface area contributed by atoms with Gasteiger partial charge >= 0.3 is 17.8 Å². The monoisotopic (exact) mass is 474 g/mol. The molecule has 1 heterocycles. The van der Waals surface area contributed by atoms with Crippen LogP contribution in [0.15, 0.2) is 60.7 Å². The SMILES string of the molecule is CCCOc1ccc(N2C(=O)C(=O)N(CC(=O)c3ccc4ccccc4c3)C2=O)cc1OCCC. The van der Waals surface area contributed by atoms with Crippen molar-refractivity contribution >= 4 is 40.1 Å². The molecular weight excluding hydrogens is 448 g/mol. The van der Waals surface area contributed by atoms with E-state index in [0.717, 1.165) is 28.5 Å². The first-order valence-electron chi connectivity index (χ1n) is 11.6. The molecule has 4 amide bonds. The first-order valence-corrected chi connectivity index (χ1v) is 11.6. The molecule has 0 N–H and O–H groups in total. The molecule has 0 unspecified atom stereocenters. The number of fused-ring (bicyclic) bond motifs is 1. The minimum absolute atomic E-state index is 0.170. The molecular formula is C27H26N2O6. The van der Waals surface area contributed by atoms with Crippen molar-refractivity contribution < 1.29 is 28.7 Å². The number of amides is 4. The predicted octanol–water partition coefficient (Wildman–Crippen LogP) is 4.60. The van der Waals surface area contributed by atoms with E-state index in [4.69, 9.17) is 9.47 Å². The van der Waals surface area contributed by atoms with Crippen molar-refractivity contribution in [2.24, 2.45) is 0 Å². The van der Waals surface area contributed by atoms with E-state index in [2.05, 4.69) is 0 Å². The highest BCUT2D eigenvalue weighted by atomic mass is 16.5. The van der Waals surface area contributed by atoms with Crippen LogP contribution < -0.4 is 14.4 Å². The largest absolute Gasteiger partial charge is 0.490 e. The number of urea groups is 1. The van der Waals surface area contributed by atoms with Gasteiger partial charge in [0.2, 0.25) is 0 Å². The molecule has 1 aliphatic rings. The van der Waals surface area contributed by atoms with Gasteiger partial charge in [-0.25, -0.2) is 14.6 Å². The molecule has 0 radical (unpaired) electrons. The number of ketones is 1. The molecule has 35 heavy (non-hydrogen) atoms. The Labute approximate surface area is 203 Å². The van der Waals surface area contributed by atoms with Crippen LogP contribution in [0.2, 0.25) is 0 Å². The van der Waals surface area contributed by atoms with E-state index in [0.29, 0.717) is 35.2 Å². The summed E-state index contributed by atoms with van der Waals surface area (Å²) >= 11 is 0. The van der Waals surface area contributed by atoms with Gasteiger partial charge in [0.1, 0.15) is 0 Å². The van der Waals surface area contributed by atoms with E-state index in [1.54, 1.807) is 24.3 Å². The Morgan fingerprint density at radius 1 is 0.771 bits per heavy atom. The van der Waals surface area contributed by atoms with E-state index < -0.39 is 30.2 Å². The number of Topliss-reactive ketones (excluding diaryl/α,β-unsaturated/α-hetero) is 1. The Bertz CT molecular complexity index is 1300. The minimum atomic E-state index is -1.05. The number of benzene rings is 3. The third-order valence-electron chi connectivity index (χ3n) is 5.54. The number of carbonyl (C=O) groups excluding carboxylic acids is 4. The zero-order valence-electron chi connectivity index (χ0n) is 19.7. The Kier molecular flexibility index (Phi) is 7.10. The third-order valence-corrected chi connectivity index (χ3v) is 5.54. The van der Waals surface area contributed by atoms with E-state index in [-0.39, 0.29) is 5.69 Å². The Morgan fingerprint density at radius 3 is 2.17 bits per heavy atom. The molecule has 4 rings (SSSR count). The second-order valence-electron chi connectivity index (χ2n) is 8.13. The zero-order chi connectivity index (χ0) is 24.9. The first kappa shape index (κ1) is 23.9. The molecule has 1 fully saturated rings. The topological polar surface area (TPSA) is 93.2 Å². The van der Waals surface area contributed by atoms with Gasteiger partial charge in [-0.05, 0) is 41.8 Å². The van der Waals surface area contributed by atoms with Crippen LogP contribution in [0, 0.1) is 0 Å². The molecule has 0 aliphatic carbocycles. The normalized spacial score (nSPS) is 13.6. The summed E-state index contributed by atoms with van der Waals surface area (Å²) in [6.07, 6.45) is 1.55. The Balaban J connectivity index is 1.57. The third kappa shape index (κ3) is 4.87. The summed E-state index contributed by atoms with van der Waals surface area (Å²) in [4.78, 5) is 52.8. The molecule has 0 atom stereocenters. The van der Waals surface area contributed by atoms with Crippen molar-refractivity contribution in [1.82, 2.24) is 4.90 Å². The molecule has 8 heteroatoms. The number of ether oxygens (including phenoxy) is 2. The molecule has 8 nitrogen and oxygen atoms in total. The lowest BCUT2D eigenvalue weighted by Gasteiger charge is -2.18. The van der Waals surface area contributed by atoms with Crippen molar-refractivity contribution in [1.29, 1.82) is 0 Å². The summed E-state index contributed by atoms with van der Waals surface area (Å²) in [6, 6.07) is 16.4. The Hall–Kier alpha value is -4.20.